The molecule has 0 radical (unpaired) electrons. The van der Waals surface area contributed by atoms with Gasteiger partial charge in [0, 0.05) is 0 Å². The van der Waals surface area contributed by atoms with Crippen LogP contribution in [0.3, 0.4) is 0 Å². The van der Waals surface area contributed by atoms with Crippen LogP contribution in [0.4, 0.5) is 0 Å². The van der Waals surface area contributed by atoms with Gasteiger partial charge >= 0.3 is 5.97 Å². The third kappa shape index (κ3) is 7.00. The summed E-state index contributed by atoms with van der Waals surface area (Å²) >= 11 is 0. The van der Waals surface area contributed by atoms with Crippen molar-refractivity contribution in [2.75, 3.05) is 0 Å². The van der Waals surface area contributed by atoms with Crippen LogP contribution in [-0.4, -0.2) is 5.97 Å². The molecule has 1 rings (SSSR count). The lowest BCUT2D eigenvalue weighted by molar-refractivity contribution is -0.149. The van der Waals surface area contributed by atoms with E-state index in [1.54, 1.807) is 0 Å². The standard InChI is InChI=1S/C17H26O2/c1-3-4-5-6-8-11-15(2)17(18)19-14-16-12-9-7-10-13-16/h7,9-10,12-13,15H,3-6,8,11,14H2,1-2H3/t15-/m1/s1. The number of esters is 1. The molecule has 2 heteroatoms. The highest BCUT2D eigenvalue weighted by atomic mass is 16.5. The van der Waals surface area contributed by atoms with E-state index in [-0.39, 0.29) is 11.9 Å². The van der Waals surface area contributed by atoms with Gasteiger partial charge in [0.15, 0.2) is 0 Å². The summed E-state index contributed by atoms with van der Waals surface area (Å²) in [7, 11) is 0. The minimum absolute atomic E-state index is 0.0188. The van der Waals surface area contributed by atoms with Crippen molar-refractivity contribution in [3.63, 3.8) is 0 Å². The molecule has 106 valence electrons. The van der Waals surface area contributed by atoms with Gasteiger partial charge in [-0.25, -0.2) is 0 Å². The summed E-state index contributed by atoms with van der Waals surface area (Å²) in [5.74, 6) is -0.0512. The second-order valence-corrected chi connectivity index (χ2v) is 5.20. The Morgan fingerprint density at radius 2 is 1.79 bits per heavy atom. The number of rotatable bonds is 9. The molecule has 0 aliphatic heterocycles. The van der Waals surface area contributed by atoms with Crippen LogP contribution in [0.2, 0.25) is 0 Å². The zero-order chi connectivity index (χ0) is 13.9. The molecule has 1 atom stereocenters. The van der Waals surface area contributed by atoms with Gasteiger partial charge in [0.05, 0.1) is 5.92 Å². The van der Waals surface area contributed by atoms with E-state index >= 15 is 0 Å². The van der Waals surface area contributed by atoms with E-state index < -0.39 is 0 Å². The average molecular weight is 262 g/mol. The third-order valence-corrected chi connectivity index (χ3v) is 3.37. The Morgan fingerprint density at radius 3 is 2.47 bits per heavy atom. The first-order valence-corrected chi connectivity index (χ1v) is 7.44. The van der Waals surface area contributed by atoms with Gasteiger partial charge in [0.1, 0.15) is 6.61 Å². The zero-order valence-electron chi connectivity index (χ0n) is 12.2. The van der Waals surface area contributed by atoms with Crippen molar-refractivity contribution in [1.82, 2.24) is 0 Å². The lowest BCUT2D eigenvalue weighted by atomic mass is 10.0. The molecule has 1 aromatic carbocycles. The van der Waals surface area contributed by atoms with Gasteiger partial charge in [-0.05, 0) is 12.0 Å². The zero-order valence-corrected chi connectivity index (χ0v) is 12.2. The minimum Gasteiger partial charge on any atom is -0.461 e. The van der Waals surface area contributed by atoms with Crippen molar-refractivity contribution in [2.24, 2.45) is 5.92 Å². The maximum absolute atomic E-state index is 11.8. The molecule has 0 bridgehead atoms. The van der Waals surface area contributed by atoms with Crippen LogP contribution < -0.4 is 0 Å². The maximum atomic E-state index is 11.8. The molecule has 0 aliphatic carbocycles. The normalized spacial score (nSPS) is 12.1. The Labute approximate surface area is 117 Å². The molecule has 0 fully saturated rings. The predicted octanol–water partition coefficient (Wildman–Crippen LogP) is 4.73. The third-order valence-electron chi connectivity index (χ3n) is 3.37. The van der Waals surface area contributed by atoms with E-state index in [9.17, 15) is 4.79 Å². The monoisotopic (exact) mass is 262 g/mol. The van der Waals surface area contributed by atoms with E-state index in [0.29, 0.717) is 6.61 Å². The largest absolute Gasteiger partial charge is 0.461 e. The van der Waals surface area contributed by atoms with Crippen molar-refractivity contribution in [3.8, 4) is 0 Å². The quantitative estimate of drug-likeness (QED) is 0.475. The highest BCUT2D eigenvalue weighted by Crippen LogP contribution is 2.13. The molecule has 0 amide bonds. The highest BCUT2D eigenvalue weighted by molar-refractivity contribution is 5.71. The fourth-order valence-electron chi connectivity index (χ4n) is 2.04. The van der Waals surface area contributed by atoms with Gasteiger partial charge in [-0.2, -0.15) is 0 Å². The SMILES string of the molecule is CCCCCCC[C@@H](C)C(=O)OCc1ccccc1. The summed E-state index contributed by atoms with van der Waals surface area (Å²) in [5.41, 5.74) is 1.05. The number of carbonyl (C=O) groups excluding carboxylic acids is 1. The first kappa shape index (κ1) is 15.7. The van der Waals surface area contributed by atoms with E-state index in [1.165, 1.54) is 25.7 Å². The molecular formula is C17H26O2. The van der Waals surface area contributed by atoms with Crippen LogP contribution in [-0.2, 0) is 16.1 Å². The molecule has 1 aromatic rings. The number of hydrogen-bond donors (Lipinski definition) is 0. The molecular weight excluding hydrogens is 236 g/mol. The van der Waals surface area contributed by atoms with Crippen molar-refractivity contribution in [1.29, 1.82) is 0 Å². The number of ether oxygens (including phenoxy) is 1. The molecule has 0 unspecified atom stereocenters. The molecule has 0 aromatic heterocycles. The van der Waals surface area contributed by atoms with Crippen molar-refractivity contribution < 1.29 is 9.53 Å². The molecule has 0 saturated heterocycles. The Hall–Kier alpha value is -1.31. The van der Waals surface area contributed by atoms with Gasteiger partial charge in [-0.15, -0.1) is 0 Å². The van der Waals surface area contributed by atoms with Gasteiger partial charge in [0.2, 0.25) is 0 Å². The van der Waals surface area contributed by atoms with Gasteiger partial charge in [-0.1, -0.05) is 76.3 Å². The Morgan fingerprint density at radius 1 is 1.11 bits per heavy atom. The Kier molecular flexibility index (Phi) is 7.95. The van der Waals surface area contributed by atoms with E-state index in [1.807, 2.05) is 37.3 Å². The van der Waals surface area contributed by atoms with Crippen molar-refractivity contribution in [2.45, 2.75) is 59.0 Å². The highest BCUT2D eigenvalue weighted by Gasteiger charge is 2.13. The van der Waals surface area contributed by atoms with Crippen LogP contribution in [0.5, 0.6) is 0 Å². The summed E-state index contributed by atoms with van der Waals surface area (Å²) in [5, 5.41) is 0. The number of hydrogen-bond acceptors (Lipinski definition) is 2. The minimum atomic E-state index is -0.0701. The first-order valence-electron chi connectivity index (χ1n) is 7.44. The predicted molar refractivity (Wildman–Crippen MR) is 78.8 cm³/mol. The topological polar surface area (TPSA) is 26.3 Å². The van der Waals surface area contributed by atoms with Crippen LogP contribution in [0.1, 0.15) is 57.9 Å². The van der Waals surface area contributed by atoms with Crippen molar-refractivity contribution >= 4 is 5.97 Å². The number of unbranched alkanes of at least 4 members (excludes halogenated alkanes) is 4. The summed E-state index contributed by atoms with van der Waals surface area (Å²) in [6.45, 7) is 4.57. The molecule has 0 N–H and O–H groups in total. The Bertz CT molecular complexity index is 346. The van der Waals surface area contributed by atoms with E-state index in [2.05, 4.69) is 6.92 Å². The van der Waals surface area contributed by atoms with Crippen LogP contribution in [0.25, 0.3) is 0 Å². The van der Waals surface area contributed by atoms with Gasteiger partial charge in [-0.3, -0.25) is 4.79 Å². The molecule has 2 nitrogen and oxygen atoms in total. The molecule has 0 heterocycles. The number of carbonyl (C=O) groups is 1. The summed E-state index contributed by atoms with van der Waals surface area (Å²) in [6, 6.07) is 9.83. The fourth-order valence-corrected chi connectivity index (χ4v) is 2.04. The van der Waals surface area contributed by atoms with Crippen LogP contribution in [0.15, 0.2) is 30.3 Å². The van der Waals surface area contributed by atoms with E-state index in [0.717, 1.165) is 18.4 Å². The summed E-state index contributed by atoms with van der Waals surface area (Å²) < 4.78 is 5.33. The fraction of sp³-hybridized carbons (Fsp3) is 0.588. The van der Waals surface area contributed by atoms with Crippen LogP contribution >= 0.6 is 0 Å². The molecule has 0 saturated carbocycles. The maximum Gasteiger partial charge on any atom is 0.308 e. The average Bonchev–Trinajstić information content (AvgIpc) is 2.45. The lowest BCUT2D eigenvalue weighted by Gasteiger charge is -2.11. The summed E-state index contributed by atoms with van der Waals surface area (Å²) in [4.78, 5) is 11.8. The second kappa shape index (κ2) is 9.60. The number of benzene rings is 1. The molecule has 0 spiro atoms. The van der Waals surface area contributed by atoms with Crippen molar-refractivity contribution in [3.05, 3.63) is 35.9 Å². The first-order chi connectivity index (χ1) is 9.24. The Balaban J connectivity index is 2.14. The second-order valence-electron chi connectivity index (χ2n) is 5.20. The van der Waals surface area contributed by atoms with Gasteiger partial charge < -0.3 is 4.74 Å². The lowest BCUT2D eigenvalue weighted by Crippen LogP contribution is -2.14. The molecule has 19 heavy (non-hydrogen) atoms. The molecule has 0 aliphatic rings. The smallest absolute Gasteiger partial charge is 0.308 e. The summed E-state index contributed by atoms with van der Waals surface area (Å²) in [6.07, 6.45) is 7.13. The van der Waals surface area contributed by atoms with Crippen LogP contribution in [0, 0.1) is 5.92 Å². The van der Waals surface area contributed by atoms with Gasteiger partial charge in [0.25, 0.3) is 0 Å². The van der Waals surface area contributed by atoms with E-state index in [4.69, 9.17) is 4.74 Å².